The van der Waals surface area contributed by atoms with E-state index < -0.39 is 5.97 Å². The smallest absolute Gasteiger partial charge is 0.335 e. The predicted octanol–water partition coefficient (Wildman–Crippen LogP) is 3.07. The first-order chi connectivity index (χ1) is 9.34. The van der Waals surface area contributed by atoms with Gasteiger partial charge in [0.15, 0.2) is 0 Å². The third-order valence-electron chi connectivity index (χ3n) is 4.53. The minimum absolute atomic E-state index is 0.140. The second-order valence-corrected chi connectivity index (χ2v) is 7.14. The zero-order valence-electron chi connectivity index (χ0n) is 12.4. The van der Waals surface area contributed by atoms with E-state index in [1.165, 1.54) is 19.3 Å². The van der Waals surface area contributed by atoms with Gasteiger partial charge in [0.05, 0.1) is 5.56 Å². The number of hydrogen-bond acceptors (Lipinski definition) is 3. The molecule has 2 aliphatic rings. The number of carboxylic acids is 1. The fourth-order valence-corrected chi connectivity index (χ4v) is 3.38. The molecule has 0 aromatic carbocycles. The normalized spacial score (nSPS) is 25.2. The van der Waals surface area contributed by atoms with Crippen LogP contribution in [0.5, 0.6) is 0 Å². The van der Waals surface area contributed by atoms with E-state index in [0.717, 1.165) is 24.0 Å². The van der Waals surface area contributed by atoms with Crippen molar-refractivity contribution < 1.29 is 9.90 Å². The van der Waals surface area contributed by atoms with Crippen LogP contribution in [0.25, 0.3) is 0 Å². The van der Waals surface area contributed by atoms with Gasteiger partial charge in [-0.2, -0.15) is 0 Å². The molecule has 1 aliphatic carbocycles. The topological polar surface area (TPSA) is 53.4 Å². The van der Waals surface area contributed by atoms with Gasteiger partial charge in [0.25, 0.3) is 0 Å². The Balaban J connectivity index is 2.02. The highest BCUT2D eigenvalue weighted by atomic mass is 16.4. The Morgan fingerprint density at radius 1 is 1.35 bits per heavy atom. The summed E-state index contributed by atoms with van der Waals surface area (Å²) in [5.74, 6) is 0.749. The van der Waals surface area contributed by atoms with Gasteiger partial charge >= 0.3 is 5.97 Å². The van der Waals surface area contributed by atoms with Crippen molar-refractivity contribution in [2.45, 2.75) is 51.5 Å². The highest BCUT2D eigenvalue weighted by Gasteiger charge is 2.38. The molecule has 1 saturated heterocycles. The molecule has 2 bridgehead atoms. The SMILES string of the molecule is CC(C)(C)c1cc(C(=O)O)cc(N2CC3CCC2C3)n1. The lowest BCUT2D eigenvalue weighted by Gasteiger charge is -2.30. The van der Waals surface area contributed by atoms with Gasteiger partial charge in [0, 0.05) is 23.7 Å². The summed E-state index contributed by atoms with van der Waals surface area (Å²) < 4.78 is 0. The summed E-state index contributed by atoms with van der Waals surface area (Å²) in [6, 6.07) is 4.00. The number of anilines is 1. The minimum Gasteiger partial charge on any atom is -0.478 e. The molecule has 4 heteroatoms. The molecule has 1 aromatic rings. The number of fused-ring (bicyclic) bond motifs is 2. The standard InChI is InChI=1S/C16H22N2O2/c1-16(2,3)13-7-11(15(19)20)8-14(17-13)18-9-10-4-5-12(18)6-10/h7-8,10,12H,4-6,9H2,1-3H3,(H,19,20). The minimum atomic E-state index is -0.872. The maximum absolute atomic E-state index is 11.4. The summed E-state index contributed by atoms with van der Waals surface area (Å²) in [5, 5.41) is 9.33. The molecule has 2 fully saturated rings. The first-order valence-corrected chi connectivity index (χ1v) is 7.37. The number of piperidine rings is 1. The van der Waals surface area contributed by atoms with Crippen molar-refractivity contribution in [2.24, 2.45) is 5.92 Å². The third kappa shape index (κ3) is 2.28. The Morgan fingerprint density at radius 2 is 2.10 bits per heavy atom. The van der Waals surface area contributed by atoms with Crippen LogP contribution in [0.3, 0.4) is 0 Å². The Hall–Kier alpha value is -1.58. The largest absolute Gasteiger partial charge is 0.478 e. The van der Waals surface area contributed by atoms with Crippen molar-refractivity contribution in [3.05, 3.63) is 23.4 Å². The monoisotopic (exact) mass is 274 g/mol. The van der Waals surface area contributed by atoms with Crippen molar-refractivity contribution in [1.82, 2.24) is 4.98 Å². The molecule has 1 aliphatic heterocycles. The highest BCUT2D eigenvalue weighted by Crippen LogP contribution is 2.40. The van der Waals surface area contributed by atoms with Gasteiger partial charge in [-0.15, -0.1) is 0 Å². The van der Waals surface area contributed by atoms with Crippen LogP contribution < -0.4 is 4.90 Å². The van der Waals surface area contributed by atoms with Gasteiger partial charge in [-0.3, -0.25) is 0 Å². The molecule has 2 unspecified atom stereocenters. The molecule has 1 saturated carbocycles. The second kappa shape index (κ2) is 4.47. The molecule has 2 atom stereocenters. The van der Waals surface area contributed by atoms with Gasteiger partial charge in [0.2, 0.25) is 0 Å². The Kier molecular flexibility index (Phi) is 3.00. The summed E-state index contributed by atoms with van der Waals surface area (Å²) in [4.78, 5) is 18.4. The van der Waals surface area contributed by atoms with Crippen LogP contribution in [-0.4, -0.2) is 28.6 Å². The van der Waals surface area contributed by atoms with Crippen LogP contribution in [0.1, 0.15) is 56.1 Å². The number of nitrogens with zero attached hydrogens (tertiary/aromatic N) is 2. The van der Waals surface area contributed by atoms with E-state index in [1.807, 2.05) is 0 Å². The highest BCUT2D eigenvalue weighted by molar-refractivity contribution is 5.88. The second-order valence-electron chi connectivity index (χ2n) is 7.14. The van der Waals surface area contributed by atoms with Gasteiger partial charge in [0.1, 0.15) is 5.82 Å². The zero-order chi connectivity index (χ0) is 14.5. The van der Waals surface area contributed by atoms with Crippen molar-refractivity contribution >= 4 is 11.8 Å². The molecule has 3 rings (SSSR count). The Bertz CT molecular complexity index is 548. The van der Waals surface area contributed by atoms with Crippen molar-refractivity contribution in [1.29, 1.82) is 0 Å². The molecule has 4 nitrogen and oxygen atoms in total. The first kappa shape index (κ1) is 13.4. The van der Waals surface area contributed by atoms with Crippen molar-refractivity contribution in [2.75, 3.05) is 11.4 Å². The summed E-state index contributed by atoms with van der Waals surface area (Å²) in [7, 11) is 0. The van der Waals surface area contributed by atoms with Crippen LogP contribution in [0.4, 0.5) is 5.82 Å². The number of carboxylic acid groups (broad SMARTS) is 1. The lowest BCUT2D eigenvalue weighted by molar-refractivity contribution is 0.0696. The molecule has 1 aromatic heterocycles. The van der Waals surface area contributed by atoms with E-state index in [2.05, 4.69) is 25.7 Å². The molecular formula is C16H22N2O2. The first-order valence-electron chi connectivity index (χ1n) is 7.37. The molecule has 20 heavy (non-hydrogen) atoms. The number of aromatic nitrogens is 1. The van der Waals surface area contributed by atoms with Crippen LogP contribution in [-0.2, 0) is 5.41 Å². The molecular weight excluding hydrogens is 252 g/mol. The zero-order valence-corrected chi connectivity index (χ0v) is 12.4. The van der Waals surface area contributed by atoms with Gasteiger partial charge < -0.3 is 10.0 Å². The van der Waals surface area contributed by atoms with Crippen LogP contribution in [0.2, 0.25) is 0 Å². The van der Waals surface area contributed by atoms with E-state index in [9.17, 15) is 9.90 Å². The predicted molar refractivity (Wildman–Crippen MR) is 78.4 cm³/mol. The fraction of sp³-hybridized carbons (Fsp3) is 0.625. The fourth-order valence-electron chi connectivity index (χ4n) is 3.38. The van der Waals surface area contributed by atoms with Crippen LogP contribution in [0, 0.1) is 5.92 Å². The Labute approximate surface area is 119 Å². The lowest BCUT2D eigenvalue weighted by atomic mass is 9.90. The van der Waals surface area contributed by atoms with Crippen LogP contribution in [0.15, 0.2) is 12.1 Å². The molecule has 0 amide bonds. The van der Waals surface area contributed by atoms with Crippen molar-refractivity contribution in [3.63, 3.8) is 0 Å². The summed E-state index contributed by atoms with van der Waals surface area (Å²) >= 11 is 0. The van der Waals surface area contributed by atoms with Crippen LogP contribution >= 0.6 is 0 Å². The van der Waals surface area contributed by atoms with Gasteiger partial charge in [-0.25, -0.2) is 9.78 Å². The molecule has 0 radical (unpaired) electrons. The lowest BCUT2D eigenvalue weighted by Crippen LogP contribution is -2.33. The average Bonchev–Trinajstić information content (AvgIpc) is 2.99. The van der Waals surface area contributed by atoms with Crippen molar-refractivity contribution in [3.8, 4) is 0 Å². The van der Waals surface area contributed by atoms with Gasteiger partial charge in [-0.1, -0.05) is 20.8 Å². The van der Waals surface area contributed by atoms with E-state index in [-0.39, 0.29) is 5.41 Å². The number of rotatable bonds is 2. The number of pyridine rings is 1. The van der Waals surface area contributed by atoms with Gasteiger partial charge in [-0.05, 0) is 37.3 Å². The third-order valence-corrected chi connectivity index (χ3v) is 4.53. The number of hydrogen-bond donors (Lipinski definition) is 1. The summed E-state index contributed by atoms with van der Waals surface area (Å²) in [6.45, 7) is 7.24. The quantitative estimate of drug-likeness (QED) is 0.900. The van der Waals surface area contributed by atoms with E-state index >= 15 is 0 Å². The van der Waals surface area contributed by atoms with E-state index in [4.69, 9.17) is 4.98 Å². The molecule has 1 N–H and O–H groups in total. The summed E-state index contributed by atoms with van der Waals surface area (Å²) in [6.07, 6.45) is 3.77. The maximum Gasteiger partial charge on any atom is 0.335 e. The van der Waals surface area contributed by atoms with E-state index in [0.29, 0.717) is 11.6 Å². The number of carbonyl (C=O) groups is 1. The van der Waals surface area contributed by atoms with E-state index in [1.54, 1.807) is 12.1 Å². The average molecular weight is 274 g/mol. The molecule has 2 heterocycles. The summed E-state index contributed by atoms with van der Waals surface area (Å²) in [5.41, 5.74) is 1.07. The molecule has 108 valence electrons. The molecule has 0 spiro atoms. The Morgan fingerprint density at radius 3 is 2.60 bits per heavy atom. The maximum atomic E-state index is 11.4. The number of aromatic carboxylic acids is 1.